The molecule has 1 aromatic heterocycles. The van der Waals surface area contributed by atoms with Gasteiger partial charge in [-0.25, -0.2) is 0 Å². The number of carbonyl (C=O) groups excluding carboxylic acids is 1. The molecule has 0 aliphatic heterocycles. The summed E-state index contributed by atoms with van der Waals surface area (Å²) in [5.74, 6) is 1.07. The molecule has 19 heavy (non-hydrogen) atoms. The second-order valence-corrected chi connectivity index (χ2v) is 6.06. The van der Waals surface area contributed by atoms with Crippen LogP contribution in [-0.4, -0.2) is 17.4 Å². The Hall–Kier alpha value is -1.77. The van der Waals surface area contributed by atoms with Crippen molar-refractivity contribution in [3.8, 4) is 5.75 Å². The van der Waals surface area contributed by atoms with Gasteiger partial charge in [-0.05, 0) is 37.0 Å². The molecule has 0 atom stereocenters. The second-order valence-electron chi connectivity index (χ2n) is 6.06. The zero-order chi connectivity index (χ0) is 13.6. The van der Waals surface area contributed by atoms with Crippen molar-refractivity contribution in [1.29, 1.82) is 0 Å². The van der Waals surface area contributed by atoms with Crippen molar-refractivity contribution in [2.24, 2.45) is 5.41 Å². The first-order valence-electron chi connectivity index (χ1n) is 6.81. The number of hydrogen-bond donors (Lipinski definition) is 1. The number of ketones is 1. The number of Topliss-reactive ketones (excluding diaryl/α,β-unsaturated/α-hetero) is 1. The van der Waals surface area contributed by atoms with Crippen LogP contribution in [-0.2, 0) is 6.42 Å². The number of aromatic nitrogens is 1. The minimum Gasteiger partial charge on any atom is -0.494 e. The minimum absolute atomic E-state index is 0.0493. The van der Waals surface area contributed by atoms with Gasteiger partial charge in [-0.3, -0.25) is 4.79 Å². The van der Waals surface area contributed by atoms with Gasteiger partial charge in [-0.2, -0.15) is 0 Å². The van der Waals surface area contributed by atoms with Gasteiger partial charge in [0, 0.05) is 28.6 Å². The van der Waals surface area contributed by atoms with Crippen LogP contribution in [0.5, 0.6) is 5.75 Å². The van der Waals surface area contributed by atoms with E-state index in [0.717, 1.165) is 34.3 Å². The maximum Gasteiger partial charge on any atom is 0.165 e. The zero-order valence-electron chi connectivity index (χ0n) is 11.7. The van der Waals surface area contributed by atoms with E-state index in [1.807, 2.05) is 25.1 Å². The Morgan fingerprint density at radius 2 is 2.11 bits per heavy atom. The van der Waals surface area contributed by atoms with Gasteiger partial charge in [-0.1, -0.05) is 13.8 Å². The summed E-state index contributed by atoms with van der Waals surface area (Å²) in [5, 5.41) is 1.00. The zero-order valence-corrected chi connectivity index (χ0v) is 11.7. The highest BCUT2D eigenvalue weighted by molar-refractivity contribution is 6.10. The summed E-state index contributed by atoms with van der Waals surface area (Å²) in [6.07, 6.45) is 1.54. The topological polar surface area (TPSA) is 42.1 Å². The van der Waals surface area contributed by atoms with Crippen molar-refractivity contribution in [1.82, 2.24) is 4.98 Å². The Labute approximate surface area is 113 Å². The van der Waals surface area contributed by atoms with Crippen LogP contribution in [0.4, 0.5) is 0 Å². The Morgan fingerprint density at radius 3 is 2.84 bits per heavy atom. The van der Waals surface area contributed by atoms with Crippen LogP contribution in [0.3, 0.4) is 0 Å². The molecule has 0 bridgehead atoms. The number of benzene rings is 1. The van der Waals surface area contributed by atoms with Crippen molar-refractivity contribution in [2.75, 3.05) is 6.61 Å². The number of fused-ring (bicyclic) bond motifs is 3. The summed E-state index contributed by atoms with van der Waals surface area (Å²) < 4.78 is 5.53. The lowest BCUT2D eigenvalue weighted by Gasteiger charge is -2.28. The van der Waals surface area contributed by atoms with E-state index in [9.17, 15) is 4.79 Å². The van der Waals surface area contributed by atoms with E-state index in [0.29, 0.717) is 13.0 Å². The van der Waals surface area contributed by atoms with Gasteiger partial charge in [0.25, 0.3) is 0 Å². The lowest BCUT2D eigenvalue weighted by atomic mass is 9.76. The number of ether oxygens (including phenoxy) is 1. The van der Waals surface area contributed by atoms with Crippen molar-refractivity contribution >= 4 is 16.7 Å². The molecule has 2 aromatic rings. The molecule has 0 radical (unpaired) electrons. The fraction of sp³-hybridized carbons (Fsp3) is 0.438. The second kappa shape index (κ2) is 4.12. The van der Waals surface area contributed by atoms with Crippen LogP contribution in [0.2, 0.25) is 0 Å². The summed E-state index contributed by atoms with van der Waals surface area (Å²) in [5.41, 5.74) is 3.02. The number of rotatable bonds is 2. The average Bonchev–Trinajstić information content (AvgIpc) is 2.64. The highest BCUT2D eigenvalue weighted by Crippen LogP contribution is 2.38. The molecule has 0 saturated heterocycles. The standard InChI is InChI=1S/C16H19NO2/c1-4-19-10-5-6-12-11(7-10)15-13(17-12)8-16(2,3)9-14(15)18/h5-7,17H,4,8-9H2,1-3H3. The lowest BCUT2D eigenvalue weighted by molar-refractivity contribution is 0.0913. The average molecular weight is 257 g/mol. The smallest absolute Gasteiger partial charge is 0.165 e. The molecule has 1 aromatic carbocycles. The van der Waals surface area contributed by atoms with Crippen LogP contribution in [0.25, 0.3) is 10.9 Å². The maximum absolute atomic E-state index is 12.4. The largest absolute Gasteiger partial charge is 0.494 e. The maximum atomic E-state index is 12.4. The molecule has 100 valence electrons. The molecule has 0 spiro atoms. The number of aromatic amines is 1. The van der Waals surface area contributed by atoms with Crippen molar-refractivity contribution in [3.63, 3.8) is 0 Å². The number of nitrogens with one attached hydrogen (secondary N) is 1. The molecular weight excluding hydrogens is 238 g/mol. The predicted molar refractivity (Wildman–Crippen MR) is 75.9 cm³/mol. The molecule has 0 unspecified atom stereocenters. The SMILES string of the molecule is CCOc1ccc2[nH]c3c(c2c1)C(=O)CC(C)(C)C3. The Kier molecular flexibility index (Phi) is 2.66. The van der Waals surface area contributed by atoms with Gasteiger partial charge in [-0.15, -0.1) is 0 Å². The van der Waals surface area contributed by atoms with Gasteiger partial charge in [0.05, 0.1) is 6.61 Å². The molecule has 0 fully saturated rings. The fourth-order valence-corrected chi connectivity index (χ4v) is 3.00. The van der Waals surface area contributed by atoms with Crippen LogP contribution < -0.4 is 4.74 Å². The van der Waals surface area contributed by atoms with Crippen LogP contribution >= 0.6 is 0 Å². The van der Waals surface area contributed by atoms with Crippen LogP contribution in [0.1, 0.15) is 43.2 Å². The molecule has 3 nitrogen and oxygen atoms in total. The van der Waals surface area contributed by atoms with E-state index in [1.165, 1.54) is 0 Å². The van der Waals surface area contributed by atoms with Gasteiger partial charge in [0.15, 0.2) is 5.78 Å². The molecule has 1 N–H and O–H groups in total. The molecule has 1 heterocycles. The highest BCUT2D eigenvalue weighted by Gasteiger charge is 2.33. The number of carbonyl (C=O) groups is 1. The summed E-state index contributed by atoms with van der Waals surface area (Å²) in [6.45, 7) is 6.89. The van der Waals surface area contributed by atoms with E-state index in [-0.39, 0.29) is 11.2 Å². The molecule has 0 saturated carbocycles. The summed E-state index contributed by atoms with van der Waals surface area (Å²) >= 11 is 0. The van der Waals surface area contributed by atoms with Gasteiger partial charge in [0.2, 0.25) is 0 Å². The lowest BCUT2D eigenvalue weighted by Crippen LogP contribution is -2.26. The molecule has 1 aliphatic rings. The summed E-state index contributed by atoms with van der Waals surface area (Å²) in [4.78, 5) is 15.8. The first kappa shape index (κ1) is 12.3. The van der Waals surface area contributed by atoms with E-state index >= 15 is 0 Å². The molecule has 0 amide bonds. The monoisotopic (exact) mass is 257 g/mol. The number of hydrogen-bond acceptors (Lipinski definition) is 2. The molecular formula is C16H19NO2. The molecule has 3 rings (SSSR count). The number of H-pyrrole nitrogens is 1. The van der Waals surface area contributed by atoms with E-state index < -0.39 is 0 Å². The first-order valence-corrected chi connectivity index (χ1v) is 6.81. The Balaban J connectivity index is 2.17. The van der Waals surface area contributed by atoms with E-state index in [2.05, 4.69) is 18.8 Å². The quantitative estimate of drug-likeness (QED) is 0.890. The van der Waals surface area contributed by atoms with Crippen molar-refractivity contribution in [3.05, 3.63) is 29.5 Å². The predicted octanol–water partition coefficient (Wildman–Crippen LogP) is 3.72. The third-order valence-corrected chi connectivity index (χ3v) is 3.73. The third-order valence-electron chi connectivity index (χ3n) is 3.73. The Bertz CT molecular complexity index is 652. The first-order chi connectivity index (χ1) is 9.00. The van der Waals surface area contributed by atoms with E-state index in [1.54, 1.807) is 0 Å². The van der Waals surface area contributed by atoms with Gasteiger partial charge >= 0.3 is 0 Å². The normalized spacial score (nSPS) is 17.5. The molecule has 1 aliphatic carbocycles. The highest BCUT2D eigenvalue weighted by atomic mass is 16.5. The van der Waals surface area contributed by atoms with Gasteiger partial charge in [0.1, 0.15) is 5.75 Å². The minimum atomic E-state index is 0.0493. The van der Waals surface area contributed by atoms with Crippen molar-refractivity contribution in [2.45, 2.75) is 33.6 Å². The third kappa shape index (κ3) is 2.03. The van der Waals surface area contributed by atoms with Gasteiger partial charge < -0.3 is 9.72 Å². The van der Waals surface area contributed by atoms with Crippen molar-refractivity contribution < 1.29 is 9.53 Å². The van der Waals surface area contributed by atoms with Crippen LogP contribution in [0.15, 0.2) is 18.2 Å². The van der Waals surface area contributed by atoms with E-state index in [4.69, 9.17) is 4.74 Å². The molecule has 3 heteroatoms. The summed E-state index contributed by atoms with van der Waals surface area (Å²) in [6, 6.07) is 5.92. The Morgan fingerprint density at radius 1 is 1.32 bits per heavy atom. The summed E-state index contributed by atoms with van der Waals surface area (Å²) in [7, 11) is 0. The fourth-order valence-electron chi connectivity index (χ4n) is 3.00. The van der Waals surface area contributed by atoms with Crippen LogP contribution in [0, 0.1) is 5.41 Å².